The van der Waals surface area contributed by atoms with Crippen LogP contribution in [-0.2, 0) is 22.6 Å². The van der Waals surface area contributed by atoms with Gasteiger partial charge in [0, 0.05) is 10.6 Å². The van der Waals surface area contributed by atoms with Gasteiger partial charge in [-0.1, -0.05) is 29.8 Å². The third-order valence-electron chi connectivity index (χ3n) is 5.78. The smallest absolute Gasteiger partial charge is 0.416 e. The monoisotopic (exact) mass is 611 g/mol. The Labute approximate surface area is 234 Å². The highest BCUT2D eigenvalue weighted by Gasteiger charge is 2.41. The van der Waals surface area contributed by atoms with Crippen molar-refractivity contribution < 1.29 is 32.6 Å². The van der Waals surface area contributed by atoms with Crippen LogP contribution in [0.25, 0.3) is 11.4 Å². The summed E-state index contributed by atoms with van der Waals surface area (Å²) < 4.78 is 45.4. The molecule has 2 amide bonds. The number of ether oxygens (including phenoxy) is 1. The molecule has 1 aliphatic rings. The number of aromatic nitrogens is 3. The van der Waals surface area contributed by atoms with Crippen LogP contribution in [-0.4, -0.2) is 66.6 Å². The van der Waals surface area contributed by atoms with Gasteiger partial charge < -0.3 is 20.9 Å². The largest absolute Gasteiger partial charge is 0.440 e. The van der Waals surface area contributed by atoms with E-state index in [1.807, 2.05) is 0 Å². The van der Waals surface area contributed by atoms with Crippen molar-refractivity contribution in [2.24, 2.45) is 5.73 Å². The van der Waals surface area contributed by atoms with Crippen molar-refractivity contribution in [1.82, 2.24) is 19.7 Å². The minimum atomic E-state index is -5.01. The maximum Gasteiger partial charge on any atom is 0.416 e. The van der Waals surface area contributed by atoms with E-state index in [0.29, 0.717) is 19.8 Å². The Morgan fingerprint density at radius 1 is 1.31 bits per heavy atom. The minimum absolute atomic E-state index is 0.217. The third-order valence-corrected chi connectivity index (χ3v) is 7.18. The van der Waals surface area contributed by atoms with Gasteiger partial charge in [-0.2, -0.15) is 13.2 Å². The number of aliphatic hydroxyl groups is 1. The normalized spacial score (nSPS) is 20.7. The standard InChI is InChI=1S/C23H23Cl3F3N5O5/c1-22(26)14(3-2-4-16(22)25)15(39-20(30)37)9-31-18(36)11-34-21(38)33(10-17(35)23(27,28)29)19(32-34)12-5-7-13(24)8-6-12/h2-8,15-17,35H,9-11H2,1H3,(H2,30,37)(H,31,36)/t15?,16?,17-,22?/m0/s1. The Hall–Kier alpha value is -3.00. The summed E-state index contributed by atoms with van der Waals surface area (Å²) in [5, 5.41) is 15.7. The Kier molecular flexibility index (Phi) is 9.42. The molecule has 3 unspecified atom stereocenters. The topological polar surface area (TPSA) is 141 Å². The number of alkyl halides is 5. The van der Waals surface area contributed by atoms with E-state index in [0.717, 1.165) is 0 Å². The summed E-state index contributed by atoms with van der Waals surface area (Å²) in [6.07, 6.45) is -5.37. The molecule has 39 heavy (non-hydrogen) atoms. The van der Waals surface area contributed by atoms with Crippen LogP contribution in [0, 0.1) is 0 Å². The molecule has 1 aliphatic carbocycles. The summed E-state index contributed by atoms with van der Waals surface area (Å²) >= 11 is 18.6. The second-order valence-electron chi connectivity index (χ2n) is 8.65. The first-order valence-electron chi connectivity index (χ1n) is 11.2. The molecule has 0 saturated heterocycles. The van der Waals surface area contributed by atoms with Crippen molar-refractivity contribution in [3.05, 3.63) is 63.6 Å². The highest BCUT2D eigenvalue weighted by molar-refractivity contribution is 6.35. The second kappa shape index (κ2) is 12.0. The van der Waals surface area contributed by atoms with Crippen molar-refractivity contribution in [2.75, 3.05) is 6.54 Å². The first kappa shape index (κ1) is 30.5. The number of nitrogens with one attached hydrogen (secondary N) is 1. The van der Waals surface area contributed by atoms with E-state index in [2.05, 4.69) is 10.4 Å². The molecule has 1 aromatic carbocycles. The van der Waals surface area contributed by atoms with Crippen LogP contribution in [0.15, 0.2) is 52.9 Å². The summed E-state index contributed by atoms with van der Waals surface area (Å²) in [6.45, 7) is -0.612. The van der Waals surface area contributed by atoms with Gasteiger partial charge >= 0.3 is 18.0 Å². The van der Waals surface area contributed by atoms with Crippen LogP contribution < -0.4 is 16.7 Å². The van der Waals surface area contributed by atoms with E-state index in [1.165, 1.54) is 24.3 Å². The fourth-order valence-corrected chi connectivity index (χ4v) is 4.33. The number of carbonyl (C=O) groups is 2. The summed E-state index contributed by atoms with van der Waals surface area (Å²) in [6, 6.07) is 5.69. The molecular weight excluding hydrogens is 590 g/mol. The van der Waals surface area contributed by atoms with Crippen molar-refractivity contribution in [1.29, 1.82) is 0 Å². The minimum Gasteiger partial charge on any atom is -0.440 e. The molecule has 1 heterocycles. The van der Waals surface area contributed by atoms with Gasteiger partial charge in [-0.25, -0.2) is 14.3 Å². The molecule has 1 aromatic heterocycles. The molecule has 0 fully saturated rings. The van der Waals surface area contributed by atoms with E-state index in [1.54, 1.807) is 25.2 Å². The zero-order valence-electron chi connectivity index (χ0n) is 20.2. The van der Waals surface area contributed by atoms with E-state index in [9.17, 15) is 32.7 Å². The fraction of sp³-hybridized carbons (Fsp3) is 0.391. The molecule has 212 valence electrons. The number of rotatable bonds is 9. The molecule has 16 heteroatoms. The van der Waals surface area contributed by atoms with Gasteiger partial charge in [0.2, 0.25) is 5.91 Å². The lowest BCUT2D eigenvalue weighted by Gasteiger charge is -2.35. The number of nitrogens with two attached hydrogens (primary N) is 1. The lowest BCUT2D eigenvalue weighted by Crippen LogP contribution is -2.46. The number of hydrogen-bond donors (Lipinski definition) is 3. The molecule has 0 radical (unpaired) electrons. The Balaban J connectivity index is 1.84. The number of nitrogens with zero attached hydrogens (tertiary/aromatic N) is 3. The van der Waals surface area contributed by atoms with Crippen LogP contribution in [0.2, 0.25) is 5.02 Å². The van der Waals surface area contributed by atoms with Crippen molar-refractivity contribution in [3.63, 3.8) is 0 Å². The highest BCUT2D eigenvalue weighted by Crippen LogP contribution is 2.38. The van der Waals surface area contributed by atoms with Gasteiger partial charge in [-0.3, -0.25) is 9.36 Å². The number of primary amides is 1. The van der Waals surface area contributed by atoms with Crippen LogP contribution in [0.4, 0.5) is 18.0 Å². The average Bonchev–Trinajstić information content (AvgIpc) is 3.13. The first-order chi connectivity index (χ1) is 18.1. The van der Waals surface area contributed by atoms with Crippen LogP contribution >= 0.6 is 34.8 Å². The van der Waals surface area contributed by atoms with Crippen LogP contribution in [0.3, 0.4) is 0 Å². The van der Waals surface area contributed by atoms with Crippen LogP contribution in [0.1, 0.15) is 6.92 Å². The molecule has 0 spiro atoms. The maximum absolute atomic E-state index is 13.0. The molecule has 0 aliphatic heterocycles. The van der Waals surface area contributed by atoms with E-state index in [4.69, 9.17) is 45.3 Å². The average molecular weight is 613 g/mol. The maximum atomic E-state index is 13.0. The van der Waals surface area contributed by atoms with Gasteiger partial charge in [0.05, 0.1) is 23.3 Å². The third kappa shape index (κ3) is 7.35. The van der Waals surface area contributed by atoms with E-state index >= 15 is 0 Å². The van der Waals surface area contributed by atoms with E-state index < -0.39 is 59.4 Å². The molecular formula is C23H23Cl3F3N5O5. The summed E-state index contributed by atoms with van der Waals surface area (Å²) in [5.74, 6) is -1.03. The zero-order valence-corrected chi connectivity index (χ0v) is 22.4. The highest BCUT2D eigenvalue weighted by atomic mass is 35.5. The second-order valence-corrected chi connectivity index (χ2v) is 10.3. The Bertz CT molecular complexity index is 1340. The number of allylic oxidation sites excluding steroid dienone is 3. The fourth-order valence-electron chi connectivity index (χ4n) is 3.73. The number of amides is 2. The zero-order chi connectivity index (χ0) is 29.1. The quantitative estimate of drug-likeness (QED) is 0.372. The number of aliphatic hydroxyl groups excluding tert-OH is 1. The predicted octanol–water partition coefficient (Wildman–Crippen LogP) is 2.97. The summed E-state index contributed by atoms with van der Waals surface area (Å²) in [5.41, 5.74) is 4.65. The lowest BCUT2D eigenvalue weighted by molar-refractivity contribution is -0.207. The molecule has 0 saturated carbocycles. The van der Waals surface area contributed by atoms with Gasteiger partial charge in [0.15, 0.2) is 11.9 Å². The number of halogens is 6. The van der Waals surface area contributed by atoms with Crippen molar-refractivity contribution in [2.45, 2.75) is 48.6 Å². The summed E-state index contributed by atoms with van der Waals surface area (Å²) in [7, 11) is 0. The van der Waals surface area contributed by atoms with Gasteiger partial charge in [0.1, 0.15) is 12.6 Å². The van der Waals surface area contributed by atoms with Crippen molar-refractivity contribution in [3.8, 4) is 11.4 Å². The van der Waals surface area contributed by atoms with E-state index in [-0.39, 0.29) is 17.9 Å². The molecule has 0 bridgehead atoms. The first-order valence-corrected chi connectivity index (χ1v) is 12.4. The molecule has 3 rings (SSSR count). The Morgan fingerprint density at radius 2 is 1.95 bits per heavy atom. The molecule has 2 aromatic rings. The van der Waals surface area contributed by atoms with Gasteiger partial charge in [-0.15, -0.1) is 28.3 Å². The summed E-state index contributed by atoms with van der Waals surface area (Å²) in [4.78, 5) is 35.9. The molecule has 4 atom stereocenters. The van der Waals surface area contributed by atoms with Gasteiger partial charge in [-0.05, 0) is 36.8 Å². The number of benzene rings is 1. The lowest BCUT2D eigenvalue weighted by atomic mass is 9.88. The SMILES string of the molecule is CC1(Cl)C(C(CNC(=O)Cn2nc(-c3ccc(Cl)cc3)n(C[C@H](O)C(F)(F)F)c2=O)OC(N)=O)=CC=CC1Cl. The van der Waals surface area contributed by atoms with Crippen LogP contribution in [0.5, 0.6) is 0 Å². The predicted molar refractivity (Wildman–Crippen MR) is 138 cm³/mol. The molecule has 10 nitrogen and oxygen atoms in total. The van der Waals surface area contributed by atoms with Gasteiger partial charge in [0.25, 0.3) is 0 Å². The number of hydrogen-bond acceptors (Lipinski definition) is 6. The molecule has 4 N–H and O–H groups in total. The van der Waals surface area contributed by atoms with Crippen molar-refractivity contribution >= 4 is 46.8 Å². The number of carbonyl (C=O) groups excluding carboxylic acids is 2. The Morgan fingerprint density at radius 3 is 2.54 bits per heavy atom.